The third-order valence-electron chi connectivity index (χ3n) is 8.60. The Balaban J connectivity index is 1.20. The molecule has 1 spiro atoms. The van der Waals surface area contributed by atoms with E-state index in [4.69, 9.17) is 21.1 Å². The van der Waals surface area contributed by atoms with E-state index in [-0.39, 0.29) is 24.4 Å². The fourth-order valence-electron chi connectivity index (χ4n) is 6.21. The van der Waals surface area contributed by atoms with Gasteiger partial charge in [0, 0.05) is 17.3 Å². The van der Waals surface area contributed by atoms with E-state index in [1.807, 2.05) is 47.4 Å². The molecule has 0 unspecified atom stereocenters. The molecule has 7 nitrogen and oxygen atoms in total. The predicted molar refractivity (Wildman–Crippen MR) is 163 cm³/mol. The lowest BCUT2D eigenvalue weighted by Gasteiger charge is -2.42. The highest BCUT2D eigenvalue weighted by molar-refractivity contribution is 7.93. The lowest BCUT2D eigenvalue weighted by Crippen LogP contribution is -2.57. The summed E-state index contributed by atoms with van der Waals surface area (Å²) in [5.74, 6) is 0.886. The minimum atomic E-state index is -3.35. The first kappa shape index (κ1) is 28.6. The summed E-state index contributed by atoms with van der Waals surface area (Å²) in [6.07, 6.45) is 1.49. The molecule has 3 heterocycles. The molecule has 3 aliphatic heterocycles. The summed E-state index contributed by atoms with van der Waals surface area (Å²) in [5, 5.41) is -0.118. The van der Waals surface area contributed by atoms with Gasteiger partial charge in [0.05, 0.1) is 23.9 Å². The lowest BCUT2D eigenvalue weighted by molar-refractivity contribution is -0.125. The van der Waals surface area contributed by atoms with Gasteiger partial charge in [0.25, 0.3) is 0 Å². The van der Waals surface area contributed by atoms with Gasteiger partial charge in [0.1, 0.15) is 40.6 Å². The summed E-state index contributed by atoms with van der Waals surface area (Å²) in [7, 11) is 2.87. The van der Waals surface area contributed by atoms with Crippen LogP contribution in [0.5, 0.6) is 5.75 Å². The number of rotatable bonds is 8. The molecule has 0 aliphatic carbocycles. The maximum atomic E-state index is 13.8. The number of sulfone groups is 1. The fraction of sp³-hybridized carbons (Fsp3) is 0.519. The second-order valence-electron chi connectivity index (χ2n) is 12.4. The molecular weight excluding hydrogens is 532 g/mol. The van der Waals surface area contributed by atoms with Gasteiger partial charge in [-0.1, -0.05) is 23.7 Å². The van der Waals surface area contributed by atoms with Crippen molar-refractivity contribution in [1.29, 1.82) is 0 Å². The minimum absolute atomic E-state index is 0.178. The van der Waals surface area contributed by atoms with Crippen molar-refractivity contribution >= 4 is 56.6 Å². The Hall–Kier alpha value is -1.94. The molecule has 3 aliphatic rings. The van der Waals surface area contributed by atoms with Crippen molar-refractivity contribution in [2.75, 3.05) is 44.4 Å². The van der Waals surface area contributed by atoms with Crippen LogP contribution in [-0.2, 0) is 29.5 Å². The second kappa shape index (κ2) is 10.2. The molecule has 206 valence electrons. The predicted octanol–water partition coefficient (Wildman–Crippen LogP) is 0.659. The molecule has 5 rings (SSSR count). The van der Waals surface area contributed by atoms with Gasteiger partial charge in [0.15, 0.2) is 9.84 Å². The number of hydrogen-bond donors (Lipinski definition) is 0. The number of benzene rings is 2. The average Bonchev–Trinajstić information content (AvgIpc) is 3.07. The fourth-order valence-corrected chi connectivity index (χ4v) is 8.25. The van der Waals surface area contributed by atoms with Crippen LogP contribution in [0, 0.1) is 0 Å². The van der Waals surface area contributed by atoms with Crippen LogP contribution < -0.4 is 9.64 Å². The number of halogens is 1. The van der Waals surface area contributed by atoms with Crippen LogP contribution >= 0.6 is 11.6 Å². The summed E-state index contributed by atoms with van der Waals surface area (Å²) in [5.41, 5.74) is 2.26. The van der Waals surface area contributed by atoms with Crippen LogP contribution in [0.3, 0.4) is 0 Å². The van der Waals surface area contributed by atoms with Crippen LogP contribution in [0.2, 0.25) is 5.02 Å². The lowest BCUT2D eigenvalue weighted by atomic mass is 9.48. The van der Waals surface area contributed by atoms with Crippen molar-refractivity contribution in [3.8, 4) is 5.75 Å². The number of anilines is 1. The highest BCUT2D eigenvalue weighted by Gasteiger charge is 2.54. The zero-order chi connectivity index (χ0) is 28.2. The number of fused-ring (bicyclic) bond motifs is 2. The molecule has 0 saturated carbocycles. The molecule has 39 heavy (non-hydrogen) atoms. The van der Waals surface area contributed by atoms with Crippen molar-refractivity contribution < 1.29 is 22.7 Å². The number of ether oxygens (including phenoxy) is 2. The van der Waals surface area contributed by atoms with Gasteiger partial charge in [-0.15, -0.1) is 0 Å². The molecule has 0 radical (unpaired) electrons. The number of piperidine rings is 1. The smallest absolute Gasteiger partial charge is 0.236 e. The monoisotopic (exact) mass is 568 g/mol. The number of amides is 1. The first-order valence-corrected chi connectivity index (χ1v) is 15.7. The number of likely N-dealkylation sites (tertiary alicyclic amines) is 1. The molecule has 2 saturated heterocycles. The molecule has 0 aromatic heterocycles. The van der Waals surface area contributed by atoms with E-state index < -0.39 is 25.2 Å². The Labute approximate surface area is 239 Å². The zero-order valence-corrected chi connectivity index (χ0v) is 25.1. The van der Waals surface area contributed by atoms with E-state index in [1.165, 1.54) is 0 Å². The summed E-state index contributed by atoms with van der Waals surface area (Å²) in [6.45, 7) is 6.67. The molecule has 0 N–H and O–H groups in total. The van der Waals surface area contributed by atoms with Crippen molar-refractivity contribution in [1.82, 2.24) is 4.90 Å². The summed E-state index contributed by atoms with van der Waals surface area (Å²) in [4.78, 5) is 18.1. The molecular formula is C27H36B3ClN2O5S. The standard InChI is InChI=1S/C27H36B3ClN2O5S/c1-18(2)39(35,36)26(16-37-17-26)19-3-6-21(7-4-19)38-14-13-32-11-9-25(10-12-32)22-15-20(31)5-8-23(22)33(24(25)34)27(28,29)30/h3-8,15,18H,9-14,16-17,28-30H2,1-2H3. The van der Waals surface area contributed by atoms with Crippen molar-refractivity contribution in [2.45, 2.75) is 47.3 Å². The first-order chi connectivity index (χ1) is 18.3. The Morgan fingerprint density at radius 3 is 2.26 bits per heavy atom. The Kier molecular flexibility index (Phi) is 7.45. The van der Waals surface area contributed by atoms with E-state index in [2.05, 4.69) is 28.4 Å². The highest BCUT2D eigenvalue weighted by atomic mass is 35.5. The van der Waals surface area contributed by atoms with Gasteiger partial charge < -0.3 is 14.4 Å². The molecule has 0 bridgehead atoms. The number of nitrogens with zero attached hydrogens (tertiary/aromatic N) is 2. The number of hydrogen-bond acceptors (Lipinski definition) is 6. The van der Waals surface area contributed by atoms with E-state index in [1.54, 1.807) is 13.8 Å². The van der Waals surface area contributed by atoms with Crippen molar-refractivity contribution in [3.63, 3.8) is 0 Å². The third-order valence-corrected chi connectivity index (χ3v) is 11.6. The van der Waals surface area contributed by atoms with Crippen LogP contribution in [0.4, 0.5) is 5.69 Å². The normalized spacial score (nSPS) is 20.7. The number of carbonyl (C=O) groups excluding carboxylic acids is 1. The SMILES string of the molecule is BC(B)(B)N1C(=O)C2(CCN(CCOc3ccc(C4(S(=O)(=O)C(C)C)COC4)cc3)CC2)c2cc(Cl)ccc21. The van der Waals surface area contributed by atoms with Crippen LogP contribution in [0.1, 0.15) is 37.8 Å². The van der Waals surface area contributed by atoms with Crippen molar-refractivity contribution in [3.05, 3.63) is 58.6 Å². The maximum absolute atomic E-state index is 13.8. The number of carbonyl (C=O) groups is 1. The van der Waals surface area contributed by atoms with Gasteiger partial charge in [-0.05, 0) is 86.5 Å². The zero-order valence-electron chi connectivity index (χ0n) is 23.5. The van der Waals surface area contributed by atoms with Gasteiger partial charge >= 0.3 is 0 Å². The molecule has 0 atom stereocenters. The Morgan fingerprint density at radius 2 is 1.72 bits per heavy atom. The van der Waals surface area contributed by atoms with E-state index >= 15 is 0 Å². The molecule has 2 aromatic carbocycles. The largest absolute Gasteiger partial charge is 0.492 e. The van der Waals surface area contributed by atoms with Crippen molar-refractivity contribution in [2.24, 2.45) is 0 Å². The molecule has 2 fully saturated rings. The Bertz CT molecular complexity index is 1350. The second-order valence-corrected chi connectivity index (χ2v) is 15.6. The van der Waals surface area contributed by atoms with Gasteiger partial charge in [-0.3, -0.25) is 9.69 Å². The van der Waals surface area contributed by atoms with E-state index in [0.29, 0.717) is 17.4 Å². The topological polar surface area (TPSA) is 76.2 Å². The summed E-state index contributed by atoms with van der Waals surface area (Å²) < 4.78 is 36.4. The van der Waals surface area contributed by atoms with Gasteiger partial charge in [0.2, 0.25) is 5.91 Å². The van der Waals surface area contributed by atoms with Crippen LogP contribution in [0.15, 0.2) is 42.5 Å². The summed E-state index contributed by atoms with van der Waals surface area (Å²) >= 11 is 6.38. The van der Waals surface area contributed by atoms with Crippen LogP contribution in [-0.4, -0.2) is 92.7 Å². The maximum Gasteiger partial charge on any atom is 0.236 e. The Morgan fingerprint density at radius 1 is 1.08 bits per heavy atom. The molecule has 12 heteroatoms. The third kappa shape index (κ3) is 4.73. The van der Waals surface area contributed by atoms with Crippen LogP contribution in [0.25, 0.3) is 0 Å². The van der Waals surface area contributed by atoms with E-state index in [0.717, 1.165) is 49.3 Å². The average molecular weight is 569 g/mol. The molecule has 2 aromatic rings. The highest BCUT2D eigenvalue weighted by Crippen LogP contribution is 2.50. The molecule has 1 amide bonds. The minimum Gasteiger partial charge on any atom is -0.492 e. The summed E-state index contributed by atoms with van der Waals surface area (Å²) in [6, 6.07) is 13.2. The van der Waals surface area contributed by atoms with Gasteiger partial charge in [-0.25, -0.2) is 8.42 Å². The van der Waals surface area contributed by atoms with Gasteiger partial charge in [-0.2, -0.15) is 0 Å². The quantitative estimate of drug-likeness (QED) is 0.436. The van der Waals surface area contributed by atoms with E-state index in [9.17, 15) is 13.2 Å². The first-order valence-electron chi connectivity index (χ1n) is 13.7.